The lowest BCUT2D eigenvalue weighted by Gasteiger charge is -2.07. The summed E-state index contributed by atoms with van der Waals surface area (Å²) in [5, 5.41) is 12.7. The fourth-order valence-electron chi connectivity index (χ4n) is 3.58. The van der Waals surface area contributed by atoms with Gasteiger partial charge in [0.05, 0.1) is 11.4 Å². The molecule has 0 fully saturated rings. The Labute approximate surface area is 191 Å². The van der Waals surface area contributed by atoms with E-state index in [9.17, 15) is 14.9 Å². The van der Waals surface area contributed by atoms with Crippen molar-refractivity contribution in [3.63, 3.8) is 0 Å². The molecule has 3 aromatic carbocycles. The standard InChI is InChI=1S/C27H22N4O2/c1-19-25(27(33)31(30(19)2)24-11-7-4-8-12-24)29-23-15-13-20(14-16-23)17-22(18-28)26(32)21-9-5-3-6-10-21/h3-17,29H,1-2H3. The first-order valence-electron chi connectivity index (χ1n) is 10.4. The third kappa shape index (κ3) is 4.39. The normalized spacial score (nSPS) is 11.1. The molecule has 0 aliphatic heterocycles. The highest BCUT2D eigenvalue weighted by atomic mass is 16.1. The maximum absolute atomic E-state index is 13.1. The third-order valence-electron chi connectivity index (χ3n) is 5.45. The molecule has 33 heavy (non-hydrogen) atoms. The number of anilines is 2. The molecule has 0 radical (unpaired) electrons. The second-order valence-electron chi connectivity index (χ2n) is 7.55. The van der Waals surface area contributed by atoms with Crippen molar-refractivity contribution < 1.29 is 4.79 Å². The molecular formula is C27H22N4O2. The summed E-state index contributed by atoms with van der Waals surface area (Å²) in [7, 11) is 1.84. The van der Waals surface area contributed by atoms with E-state index in [2.05, 4.69) is 5.32 Å². The van der Waals surface area contributed by atoms with Gasteiger partial charge in [-0.15, -0.1) is 0 Å². The molecule has 0 saturated carbocycles. The van der Waals surface area contributed by atoms with Crippen LogP contribution in [0.2, 0.25) is 0 Å². The first kappa shape index (κ1) is 21.6. The number of para-hydroxylation sites is 1. The minimum absolute atomic E-state index is 0.0616. The van der Waals surface area contributed by atoms with Crippen molar-refractivity contribution in [2.24, 2.45) is 7.05 Å². The van der Waals surface area contributed by atoms with E-state index in [1.165, 1.54) is 0 Å². The van der Waals surface area contributed by atoms with E-state index in [1.807, 2.05) is 73.3 Å². The molecule has 1 aromatic heterocycles. The number of hydrogen-bond acceptors (Lipinski definition) is 4. The average molecular weight is 434 g/mol. The predicted molar refractivity (Wildman–Crippen MR) is 130 cm³/mol. The number of aromatic nitrogens is 2. The Bertz CT molecular complexity index is 1420. The molecule has 0 atom stereocenters. The largest absolute Gasteiger partial charge is 0.349 e. The van der Waals surface area contributed by atoms with Gasteiger partial charge in [-0.05, 0) is 42.8 Å². The van der Waals surface area contributed by atoms with Gasteiger partial charge in [0.25, 0.3) is 5.56 Å². The zero-order valence-corrected chi connectivity index (χ0v) is 18.3. The number of benzene rings is 3. The molecule has 0 bridgehead atoms. The number of nitrogens with zero attached hydrogens (tertiary/aromatic N) is 3. The van der Waals surface area contributed by atoms with Crippen molar-refractivity contribution in [3.8, 4) is 11.8 Å². The lowest BCUT2D eigenvalue weighted by atomic mass is 10.0. The summed E-state index contributed by atoms with van der Waals surface area (Å²) in [6.07, 6.45) is 1.56. The van der Waals surface area contributed by atoms with Crippen molar-refractivity contribution in [2.45, 2.75) is 6.92 Å². The van der Waals surface area contributed by atoms with Gasteiger partial charge in [0.2, 0.25) is 5.78 Å². The first-order valence-corrected chi connectivity index (χ1v) is 10.4. The van der Waals surface area contributed by atoms with Crippen LogP contribution in [0, 0.1) is 18.3 Å². The number of rotatable bonds is 6. The molecule has 0 aliphatic carbocycles. The number of hydrogen-bond donors (Lipinski definition) is 1. The van der Waals surface area contributed by atoms with Crippen LogP contribution in [-0.2, 0) is 7.05 Å². The van der Waals surface area contributed by atoms with E-state index in [0.29, 0.717) is 16.8 Å². The third-order valence-corrected chi connectivity index (χ3v) is 5.45. The molecule has 6 heteroatoms. The van der Waals surface area contributed by atoms with Crippen LogP contribution in [-0.4, -0.2) is 15.1 Å². The summed E-state index contributed by atoms with van der Waals surface area (Å²) < 4.78 is 3.43. The quantitative estimate of drug-likeness (QED) is 0.263. The van der Waals surface area contributed by atoms with Gasteiger partial charge in [0.1, 0.15) is 17.3 Å². The van der Waals surface area contributed by atoms with Crippen LogP contribution in [0.3, 0.4) is 0 Å². The number of ketones is 1. The second-order valence-corrected chi connectivity index (χ2v) is 7.55. The summed E-state index contributed by atoms with van der Waals surface area (Å²) in [5.74, 6) is -0.318. The number of allylic oxidation sites excluding steroid dienone is 1. The molecule has 162 valence electrons. The van der Waals surface area contributed by atoms with Gasteiger partial charge >= 0.3 is 0 Å². The Balaban J connectivity index is 1.59. The highest BCUT2D eigenvalue weighted by Crippen LogP contribution is 2.21. The monoisotopic (exact) mass is 434 g/mol. The average Bonchev–Trinajstić information content (AvgIpc) is 3.07. The van der Waals surface area contributed by atoms with Crippen molar-refractivity contribution >= 4 is 23.2 Å². The van der Waals surface area contributed by atoms with Gasteiger partial charge in [0, 0.05) is 18.3 Å². The number of nitriles is 1. The summed E-state index contributed by atoms with van der Waals surface area (Å²) in [6, 6.07) is 27.4. The Morgan fingerprint density at radius 3 is 2.15 bits per heavy atom. The topological polar surface area (TPSA) is 79.8 Å². The Hall–Kier alpha value is -4.63. The van der Waals surface area contributed by atoms with Crippen LogP contribution in [0.25, 0.3) is 11.8 Å². The van der Waals surface area contributed by atoms with E-state index < -0.39 is 0 Å². The van der Waals surface area contributed by atoms with Crippen molar-refractivity contribution in [2.75, 3.05) is 5.32 Å². The van der Waals surface area contributed by atoms with Crippen LogP contribution in [0.5, 0.6) is 0 Å². The lowest BCUT2D eigenvalue weighted by molar-refractivity contribution is 0.104. The molecule has 0 spiro atoms. The summed E-state index contributed by atoms with van der Waals surface area (Å²) in [5.41, 5.74) is 3.90. The molecule has 0 aliphatic rings. The van der Waals surface area contributed by atoms with Crippen molar-refractivity contribution in [1.82, 2.24) is 9.36 Å². The highest BCUT2D eigenvalue weighted by Gasteiger charge is 2.16. The van der Waals surface area contributed by atoms with Gasteiger partial charge in [-0.3, -0.25) is 14.3 Å². The van der Waals surface area contributed by atoms with Crippen molar-refractivity contribution in [3.05, 3.63) is 118 Å². The van der Waals surface area contributed by atoms with Gasteiger partial charge in [-0.25, -0.2) is 4.68 Å². The van der Waals surface area contributed by atoms with Crippen LogP contribution in [0.15, 0.2) is 95.3 Å². The fraction of sp³-hybridized carbons (Fsp3) is 0.0741. The molecular weight excluding hydrogens is 412 g/mol. The zero-order chi connectivity index (χ0) is 23.4. The smallest absolute Gasteiger partial charge is 0.295 e. The Morgan fingerprint density at radius 1 is 0.939 bits per heavy atom. The molecule has 0 unspecified atom stereocenters. The van der Waals surface area contributed by atoms with E-state index in [1.54, 1.807) is 47.2 Å². The Morgan fingerprint density at radius 2 is 1.55 bits per heavy atom. The second kappa shape index (κ2) is 9.25. The van der Waals surface area contributed by atoms with Gasteiger partial charge < -0.3 is 5.32 Å². The molecule has 0 amide bonds. The zero-order valence-electron chi connectivity index (χ0n) is 18.3. The van der Waals surface area contributed by atoms with Gasteiger partial charge in [-0.1, -0.05) is 60.7 Å². The minimum atomic E-state index is -0.318. The van der Waals surface area contributed by atoms with Crippen LogP contribution in [0.1, 0.15) is 21.6 Å². The van der Waals surface area contributed by atoms with Crippen LogP contribution < -0.4 is 10.9 Å². The minimum Gasteiger partial charge on any atom is -0.349 e. The lowest BCUT2D eigenvalue weighted by Crippen LogP contribution is -2.20. The Kier molecular flexibility index (Phi) is 6.05. The van der Waals surface area contributed by atoms with E-state index in [4.69, 9.17) is 0 Å². The number of carbonyl (C=O) groups excluding carboxylic acids is 1. The fourth-order valence-corrected chi connectivity index (χ4v) is 3.58. The molecule has 0 saturated heterocycles. The number of carbonyl (C=O) groups is 1. The molecule has 6 nitrogen and oxygen atoms in total. The SMILES string of the molecule is Cc1c(Nc2ccc(C=C(C#N)C(=O)c3ccccc3)cc2)c(=O)n(-c2ccccc2)n1C. The summed E-state index contributed by atoms with van der Waals surface area (Å²) in [4.78, 5) is 25.6. The molecule has 4 rings (SSSR count). The molecule has 1 heterocycles. The van der Waals surface area contributed by atoms with Crippen LogP contribution >= 0.6 is 0 Å². The highest BCUT2D eigenvalue weighted by molar-refractivity contribution is 6.14. The van der Waals surface area contributed by atoms with Gasteiger partial charge in [0.15, 0.2) is 0 Å². The van der Waals surface area contributed by atoms with E-state index in [-0.39, 0.29) is 16.9 Å². The maximum atomic E-state index is 13.1. The van der Waals surface area contributed by atoms with Crippen LogP contribution in [0.4, 0.5) is 11.4 Å². The first-order chi connectivity index (χ1) is 16.0. The van der Waals surface area contributed by atoms with E-state index in [0.717, 1.165) is 17.1 Å². The predicted octanol–water partition coefficient (Wildman–Crippen LogP) is 5.02. The number of nitrogens with one attached hydrogen (secondary N) is 1. The maximum Gasteiger partial charge on any atom is 0.295 e. The van der Waals surface area contributed by atoms with E-state index >= 15 is 0 Å². The summed E-state index contributed by atoms with van der Waals surface area (Å²) in [6.45, 7) is 1.88. The van der Waals surface area contributed by atoms with Gasteiger partial charge in [-0.2, -0.15) is 5.26 Å². The molecule has 1 N–H and O–H groups in total. The van der Waals surface area contributed by atoms with Crippen molar-refractivity contribution in [1.29, 1.82) is 5.26 Å². The number of Topliss-reactive ketones (excluding diaryl/α,β-unsaturated/α-hetero) is 1. The summed E-state index contributed by atoms with van der Waals surface area (Å²) >= 11 is 0. The molecule has 4 aromatic rings.